The molecule has 3 amide bonds. The van der Waals surface area contributed by atoms with Gasteiger partial charge in [0, 0.05) is 53.6 Å². The number of hydrogen-bond acceptors (Lipinski definition) is 10. The van der Waals surface area contributed by atoms with E-state index in [2.05, 4.69) is 10.6 Å². The zero-order valence-electron chi connectivity index (χ0n) is 24.0. The summed E-state index contributed by atoms with van der Waals surface area (Å²) in [5.74, 6) is -1.04. The van der Waals surface area contributed by atoms with Crippen LogP contribution in [0, 0.1) is 0 Å². The van der Waals surface area contributed by atoms with E-state index in [4.69, 9.17) is 24.7 Å². The smallest absolute Gasteiger partial charge is 0.407 e. The molecule has 224 valence electrons. The minimum atomic E-state index is -0.561. The molecule has 4 N–H and O–H groups in total. The molecular formula is C29H40N4O8. The van der Waals surface area contributed by atoms with Crippen molar-refractivity contribution in [2.75, 3.05) is 64.5 Å². The van der Waals surface area contributed by atoms with Crippen LogP contribution in [0.2, 0.25) is 0 Å². The first-order chi connectivity index (χ1) is 19.6. The number of carbonyl (C=O) groups is 4. The quantitative estimate of drug-likeness (QED) is 0.155. The first kappa shape index (κ1) is 31.8. The minimum absolute atomic E-state index is 0.105. The molecule has 1 aliphatic rings. The van der Waals surface area contributed by atoms with Crippen molar-refractivity contribution in [3.63, 3.8) is 0 Å². The summed E-state index contributed by atoms with van der Waals surface area (Å²) in [7, 11) is 0. The normalized spacial score (nSPS) is 12.9. The summed E-state index contributed by atoms with van der Waals surface area (Å²) >= 11 is 0. The number of anilines is 1. The van der Waals surface area contributed by atoms with Crippen molar-refractivity contribution in [1.29, 1.82) is 0 Å². The maximum Gasteiger partial charge on any atom is 0.407 e. The Morgan fingerprint density at radius 3 is 2.32 bits per heavy atom. The van der Waals surface area contributed by atoms with Crippen LogP contribution in [0.1, 0.15) is 54.3 Å². The van der Waals surface area contributed by atoms with E-state index in [1.165, 1.54) is 4.90 Å². The monoisotopic (exact) mass is 572 g/mol. The average molecular weight is 573 g/mol. The number of imide groups is 1. The number of nitrogens with zero attached hydrogens (tertiary/aromatic N) is 1. The number of rotatable bonds is 16. The Kier molecular flexibility index (Phi) is 11.9. The van der Waals surface area contributed by atoms with Gasteiger partial charge in [-0.2, -0.15) is 0 Å². The van der Waals surface area contributed by atoms with E-state index in [0.29, 0.717) is 55.8 Å². The van der Waals surface area contributed by atoms with Gasteiger partial charge in [0.1, 0.15) is 12.2 Å². The average Bonchev–Trinajstić information content (AvgIpc) is 2.92. The fourth-order valence-corrected chi connectivity index (χ4v) is 4.22. The van der Waals surface area contributed by atoms with Crippen LogP contribution in [-0.2, 0) is 23.7 Å². The lowest BCUT2D eigenvalue weighted by Crippen LogP contribution is -2.42. The molecule has 3 rings (SSSR count). The van der Waals surface area contributed by atoms with E-state index < -0.39 is 11.7 Å². The van der Waals surface area contributed by atoms with Gasteiger partial charge in [-0.25, -0.2) is 4.79 Å². The number of nitrogens with two attached hydrogens (primary N) is 1. The summed E-state index contributed by atoms with van der Waals surface area (Å²) in [6.45, 7) is 7.82. The second-order valence-electron chi connectivity index (χ2n) is 10.3. The molecule has 0 aromatic heterocycles. The van der Waals surface area contributed by atoms with Gasteiger partial charge in [0.05, 0.1) is 33.0 Å². The lowest BCUT2D eigenvalue weighted by atomic mass is 9.93. The fraction of sp³-hybridized carbons (Fsp3) is 0.517. The van der Waals surface area contributed by atoms with Gasteiger partial charge < -0.3 is 35.3 Å². The number of alkyl carbamates (subject to hydrolysis) is 1. The van der Waals surface area contributed by atoms with Crippen molar-refractivity contribution < 1.29 is 38.1 Å². The molecule has 2 aromatic rings. The van der Waals surface area contributed by atoms with Crippen LogP contribution < -0.4 is 16.4 Å². The summed E-state index contributed by atoms with van der Waals surface area (Å²) in [5.41, 5.74) is 6.46. The number of ether oxygens (including phenoxy) is 4. The van der Waals surface area contributed by atoms with E-state index in [1.54, 1.807) is 39.0 Å². The number of carbonyl (C=O) groups excluding carboxylic acids is 4. The number of nitrogens with one attached hydrogen (secondary N) is 2. The minimum Gasteiger partial charge on any atom is -0.464 e. The van der Waals surface area contributed by atoms with Crippen molar-refractivity contribution in [3.05, 3.63) is 41.5 Å². The molecule has 0 saturated heterocycles. The van der Waals surface area contributed by atoms with Gasteiger partial charge in [0.2, 0.25) is 0 Å². The van der Waals surface area contributed by atoms with Crippen molar-refractivity contribution in [2.45, 2.75) is 39.2 Å². The molecule has 41 heavy (non-hydrogen) atoms. The van der Waals surface area contributed by atoms with Gasteiger partial charge in [-0.3, -0.25) is 19.3 Å². The predicted octanol–water partition coefficient (Wildman–Crippen LogP) is 2.69. The second kappa shape index (κ2) is 15.3. The highest BCUT2D eigenvalue weighted by molar-refractivity contribution is 6.26. The molecule has 0 fully saturated rings. The number of esters is 1. The first-order valence-corrected chi connectivity index (χ1v) is 13.8. The van der Waals surface area contributed by atoms with Gasteiger partial charge in [-0.05, 0) is 45.4 Å². The van der Waals surface area contributed by atoms with Crippen LogP contribution in [0.5, 0.6) is 0 Å². The topological polar surface area (TPSA) is 159 Å². The largest absolute Gasteiger partial charge is 0.464 e. The summed E-state index contributed by atoms with van der Waals surface area (Å²) < 4.78 is 21.1. The Labute approximate surface area is 239 Å². The summed E-state index contributed by atoms with van der Waals surface area (Å²) in [6.07, 6.45) is 0.321. The van der Waals surface area contributed by atoms with E-state index in [0.717, 1.165) is 11.1 Å². The Morgan fingerprint density at radius 1 is 0.902 bits per heavy atom. The fourth-order valence-electron chi connectivity index (χ4n) is 4.22. The SMILES string of the molecule is CC(C)(C)OC(=O)NCCOCCOCCN1C(=O)c2cccc3c(NCCCC(=O)OCCN)ccc(c23)C1=O. The highest BCUT2D eigenvalue weighted by Crippen LogP contribution is 2.34. The van der Waals surface area contributed by atoms with E-state index in [-0.39, 0.29) is 50.6 Å². The molecule has 12 nitrogen and oxygen atoms in total. The molecular weight excluding hydrogens is 532 g/mol. The molecule has 0 radical (unpaired) electrons. The zero-order valence-corrected chi connectivity index (χ0v) is 24.0. The maximum absolute atomic E-state index is 13.2. The summed E-state index contributed by atoms with van der Waals surface area (Å²) in [4.78, 5) is 50.9. The van der Waals surface area contributed by atoms with Gasteiger partial charge in [0.15, 0.2) is 0 Å². The molecule has 1 heterocycles. The van der Waals surface area contributed by atoms with Crippen LogP contribution in [-0.4, -0.2) is 93.6 Å². The van der Waals surface area contributed by atoms with Crippen molar-refractivity contribution in [1.82, 2.24) is 10.2 Å². The number of benzene rings is 2. The highest BCUT2D eigenvalue weighted by Gasteiger charge is 2.33. The van der Waals surface area contributed by atoms with Gasteiger partial charge in [-0.1, -0.05) is 12.1 Å². The summed E-state index contributed by atoms with van der Waals surface area (Å²) in [6, 6.07) is 8.89. The second-order valence-corrected chi connectivity index (χ2v) is 10.3. The third-order valence-corrected chi connectivity index (χ3v) is 5.99. The molecule has 0 saturated carbocycles. The molecule has 0 bridgehead atoms. The van der Waals surface area contributed by atoms with Crippen LogP contribution in [0.3, 0.4) is 0 Å². The molecule has 1 aliphatic heterocycles. The molecule has 0 aliphatic carbocycles. The Balaban J connectivity index is 1.45. The molecule has 12 heteroatoms. The standard InChI is InChI=1S/C29H40N4O8/c1-29(2,3)41-28(37)32-13-16-38-18-19-39-17-14-33-26(35)21-7-4-6-20-23(10-9-22(25(20)21)27(33)36)31-12-5-8-24(34)40-15-11-30/h4,6-7,9-10,31H,5,8,11-19,30H2,1-3H3,(H,32,37). The van der Waals surface area contributed by atoms with Crippen molar-refractivity contribution in [3.8, 4) is 0 Å². The Hall–Kier alpha value is -3.74. The third-order valence-electron chi connectivity index (χ3n) is 5.99. The van der Waals surface area contributed by atoms with Crippen molar-refractivity contribution in [2.24, 2.45) is 5.73 Å². The van der Waals surface area contributed by atoms with Crippen molar-refractivity contribution >= 4 is 40.3 Å². The number of amides is 3. The van der Waals surface area contributed by atoms with Gasteiger partial charge in [0.25, 0.3) is 11.8 Å². The third kappa shape index (κ3) is 9.41. The maximum atomic E-state index is 13.2. The molecule has 0 unspecified atom stereocenters. The number of hydrogen-bond donors (Lipinski definition) is 3. The van der Waals surface area contributed by atoms with E-state index in [9.17, 15) is 19.2 Å². The lowest BCUT2D eigenvalue weighted by molar-refractivity contribution is -0.143. The predicted molar refractivity (Wildman–Crippen MR) is 153 cm³/mol. The van der Waals surface area contributed by atoms with Crippen LogP contribution in [0.4, 0.5) is 10.5 Å². The van der Waals surface area contributed by atoms with Gasteiger partial charge in [-0.15, -0.1) is 0 Å². The molecule has 2 aromatic carbocycles. The van der Waals surface area contributed by atoms with Crippen LogP contribution in [0.25, 0.3) is 10.8 Å². The highest BCUT2D eigenvalue weighted by atomic mass is 16.6. The molecule has 0 atom stereocenters. The Morgan fingerprint density at radius 2 is 1.61 bits per heavy atom. The van der Waals surface area contributed by atoms with E-state index >= 15 is 0 Å². The van der Waals surface area contributed by atoms with E-state index in [1.807, 2.05) is 12.1 Å². The van der Waals surface area contributed by atoms with Crippen LogP contribution >= 0.6 is 0 Å². The first-order valence-electron chi connectivity index (χ1n) is 13.8. The van der Waals surface area contributed by atoms with Crippen LogP contribution in [0.15, 0.2) is 30.3 Å². The lowest BCUT2D eigenvalue weighted by Gasteiger charge is -2.27. The zero-order chi connectivity index (χ0) is 29.8. The van der Waals surface area contributed by atoms with Gasteiger partial charge >= 0.3 is 12.1 Å². The molecule has 0 spiro atoms. The summed E-state index contributed by atoms with van der Waals surface area (Å²) in [5, 5.41) is 7.28. The Bertz CT molecular complexity index is 1210.